The van der Waals surface area contributed by atoms with Crippen molar-refractivity contribution in [3.05, 3.63) is 66.2 Å². The standard InChI is InChI=1S/C22H21N3O3/c26-15-17(21-24-19-6-2-3-7-20(19)28-21)14-23-18-10-8-16(9-11-18)22(27)25-12-4-1-5-13-25/h2-3,6-11,14-15,23H,1,4-5,12-13H2. The maximum atomic E-state index is 12.5. The van der Waals surface area contributed by atoms with Gasteiger partial charge in [0.05, 0.1) is 5.57 Å². The zero-order valence-electron chi connectivity index (χ0n) is 15.4. The number of piperidine rings is 1. The van der Waals surface area contributed by atoms with Crippen LogP contribution in [0.3, 0.4) is 0 Å². The van der Waals surface area contributed by atoms with E-state index >= 15 is 0 Å². The summed E-state index contributed by atoms with van der Waals surface area (Å²) in [6.07, 6.45) is 5.59. The van der Waals surface area contributed by atoms with Gasteiger partial charge in [-0.3, -0.25) is 9.59 Å². The predicted octanol–water partition coefficient (Wildman–Crippen LogP) is 4.11. The van der Waals surface area contributed by atoms with Crippen LogP contribution in [0.15, 0.2) is 59.1 Å². The van der Waals surface area contributed by atoms with E-state index < -0.39 is 0 Å². The van der Waals surface area contributed by atoms with Crippen LogP contribution >= 0.6 is 0 Å². The second-order valence-corrected chi connectivity index (χ2v) is 6.78. The van der Waals surface area contributed by atoms with Crippen molar-refractivity contribution >= 4 is 34.6 Å². The number of aromatic nitrogens is 1. The van der Waals surface area contributed by atoms with Gasteiger partial charge in [-0.1, -0.05) is 12.1 Å². The van der Waals surface area contributed by atoms with E-state index in [4.69, 9.17) is 4.42 Å². The highest BCUT2D eigenvalue weighted by Crippen LogP contribution is 2.20. The van der Waals surface area contributed by atoms with E-state index in [2.05, 4.69) is 10.3 Å². The molecule has 6 heteroatoms. The Bertz CT molecular complexity index is 982. The molecular formula is C22H21N3O3. The van der Waals surface area contributed by atoms with Crippen LogP contribution in [-0.2, 0) is 4.79 Å². The Morgan fingerprint density at radius 3 is 2.50 bits per heavy atom. The van der Waals surface area contributed by atoms with Gasteiger partial charge in [0, 0.05) is 30.5 Å². The number of nitrogens with one attached hydrogen (secondary N) is 1. The quantitative estimate of drug-likeness (QED) is 0.537. The molecule has 6 nitrogen and oxygen atoms in total. The van der Waals surface area contributed by atoms with Gasteiger partial charge >= 0.3 is 0 Å². The Hall–Kier alpha value is -3.41. The summed E-state index contributed by atoms with van der Waals surface area (Å²) in [6, 6.07) is 14.6. The number of carbonyl (C=O) groups excluding carboxylic acids is 2. The lowest BCUT2D eigenvalue weighted by Crippen LogP contribution is -2.35. The molecule has 1 aliphatic heterocycles. The van der Waals surface area contributed by atoms with E-state index in [1.54, 1.807) is 24.4 Å². The summed E-state index contributed by atoms with van der Waals surface area (Å²) in [5.41, 5.74) is 3.08. The summed E-state index contributed by atoms with van der Waals surface area (Å²) in [4.78, 5) is 30.2. The molecule has 0 bridgehead atoms. The lowest BCUT2D eigenvalue weighted by atomic mass is 10.1. The minimum Gasteiger partial charge on any atom is -0.436 e. The normalized spacial score (nSPS) is 14.9. The summed E-state index contributed by atoms with van der Waals surface area (Å²) in [5.74, 6) is 0.336. The predicted molar refractivity (Wildman–Crippen MR) is 108 cm³/mol. The third kappa shape index (κ3) is 3.81. The van der Waals surface area contributed by atoms with Crippen molar-refractivity contribution in [3.63, 3.8) is 0 Å². The van der Waals surface area contributed by atoms with E-state index in [0.717, 1.165) is 31.6 Å². The van der Waals surface area contributed by atoms with Crippen LogP contribution in [0.5, 0.6) is 0 Å². The van der Waals surface area contributed by atoms with Crippen molar-refractivity contribution < 1.29 is 14.0 Å². The minimum absolute atomic E-state index is 0.0712. The zero-order chi connectivity index (χ0) is 19.3. The average Bonchev–Trinajstić information content (AvgIpc) is 3.19. The zero-order valence-corrected chi connectivity index (χ0v) is 15.4. The van der Waals surface area contributed by atoms with Crippen LogP contribution in [0, 0.1) is 0 Å². The average molecular weight is 375 g/mol. The van der Waals surface area contributed by atoms with Crippen LogP contribution in [-0.4, -0.2) is 35.2 Å². The molecule has 0 saturated carbocycles. The first-order valence-electron chi connectivity index (χ1n) is 9.42. The number of para-hydroxylation sites is 2. The van der Waals surface area contributed by atoms with Gasteiger partial charge in [0.25, 0.3) is 5.91 Å². The number of hydrogen-bond acceptors (Lipinski definition) is 5. The molecule has 3 aromatic rings. The Morgan fingerprint density at radius 1 is 1.04 bits per heavy atom. The van der Waals surface area contributed by atoms with Crippen molar-refractivity contribution in [3.8, 4) is 0 Å². The Labute approximate surface area is 162 Å². The molecule has 0 spiro atoms. The summed E-state index contributed by atoms with van der Waals surface area (Å²) < 4.78 is 5.63. The topological polar surface area (TPSA) is 75.4 Å². The fourth-order valence-electron chi connectivity index (χ4n) is 3.29. The van der Waals surface area contributed by atoms with Gasteiger partial charge in [0.2, 0.25) is 5.89 Å². The molecule has 0 unspecified atom stereocenters. The van der Waals surface area contributed by atoms with Crippen molar-refractivity contribution in [1.29, 1.82) is 0 Å². The lowest BCUT2D eigenvalue weighted by Gasteiger charge is -2.26. The molecule has 1 aliphatic rings. The molecule has 1 aromatic heterocycles. The molecule has 1 N–H and O–H groups in total. The first-order valence-corrected chi connectivity index (χ1v) is 9.42. The first kappa shape index (κ1) is 18.0. The van der Waals surface area contributed by atoms with Crippen molar-refractivity contribution in [1.82, 2.24) is 9.88 Å². The number of anilines is 1. The molecule has 2 heterocycles. The minimum atomic E-state index is 0.0712. The molecule has 1 fully saturated rings. The molecule has 28 heavy (non-hydrogen) atoms. The highest BCUT2D eigenvalue weighted by Gasteiger charge is 2.17. The van der Waals surface area contributed by atoms with E-state index in [1.165, 1.54) is 6.42 Å². The molecular weight excluding hydrogens is 354 g/mol. The van der Waals surface area contributed by atoms with Gasteiger partial charge in [-0.15, -0.1) is 0 Å². The molecule has 1 saturated heterocycles. The van der Waals surface area contributed by atoms with Crippen LogP contribution < -0.4 is 5.32 Å². The Kier molecular flexibility index (Phi) is 5.19. The number of allylic oxidation sites excluding steroid dienone is 1. The van der Waals surface area contributed by atoms with Crippen LogP contribution in [0.4, 0.5) is 5.69 Å². The van der Waals surface area contributed by atoms with E-state index in [0.29, 0.717) is 28.5 Å². The summed E-state index contributed by atoms with van der Waals surface area (Å²) in [7, 11) is 0. The molecule has 0 atom stereocenters. The maximum absolute atomic E-state index is 12.5. The second kappa shape index (κ2) is 8.08. The number of rotatable bonds is 5. The molecule has 0 radical (unpaired) electrons. The lowest BCUT2D eigenvalue weighted by molar-refractivity contribution is -0.103. The summed E-state index contributed by atoms with van der Waals surface area (Å²) >= 11 is 0. The van der Waals surface area contributed by atoms with Gasteiger partial charge in [0.1, 0.15) is 5.52 Å². The maximum Gasteiger partial charge on any atom is 0.253 e. The van der Waals surface area contributed by atoms with Crippen molar-refractivity contribution in [2.24, 2.45) is 0 Å². The highest BCUT2D eigenvalue weighted by atomic mass is 16.3. The SMILES string of the molecule is O=CC(=CNc1ccc(C(=O)N2CCCCC2)cc1)c1nc2ccccc2o1. The number of likely N-dealkylation sites (tertiary alicyclic amines) is 1. The Morgan fingerprint density at radius 2 is 1.79 bits per heavy atom. The fraction of sp³-hybridized carbons (Fsp3) is 0.227. The van der Waals surface area contributed by atoms with Crippen LogP contribution in [0.25, 0.3) is 16.7 Å². The van der Waals surface area contributed by atoms with E-state index in [9.17, 15) is 9.59 Å². The second-order valence-electron chi connectivity index (χ2n) is 6.78. The number of amides is 1. The Balaban J connectivity index is 1.47. The third-order valence-electron chi connectivity index (χ3n) is 4.84. The fourth-order valence-corrected chi connectivity index (χ4v) is 3.29. The van der Waals surface area contributed by atoms with Gasteiger partial charge in [0.15, 0.2) is 11.9 Å². The van der Waals surface area contributed by atoms with Crippen molar-refractivity contribution in [2.45, 2.75) is 19.3 Å². The van der Waals surface area contributed by atoms with Gasteiger partial charge in [-0.25, -0.2) is 4.98 Å². The number of aldehydes is 1. The summed E-state index contributed by atoms with van der Waals surface area (Å²) in [6.45, 7) is 1.66. The number of carbonyl (C=O) groups is 2. The number of fused-ring (bicyclic) bond motifs is 1. The largest absolute Gasteiger partial charge is 0.436 e. The summed E-state index contributed by atoms with van der Waals surface area (Å²) in [5, 5.41) is 3.07. The van der Waals surface area contributed by atoms with Gasteiger partial charge < -0.3 is 14.6 Å². The highest BCUT2D eigenvalue weighted by molar-refractivity contribution is 6.06. The first-order chi connectivity index (χ1) is 13.7. The molecule has 142 valence electrons. The van der Waals surface area contributed by atoms with Crippen LogP contribution in [0.2, 0.25) is 0 Å². The molecule has 0 aliphatic carbocycles. The monoisotopic (exact) mass is 375 g/mol. The third-order valence-corrected chi connectivity index (χ3v) is 4.84. The smallest absolute Gasteiger partial charge is 0.253 e. The van der Waals surface area contributed by atoms with Gasteiger partial charge in [-0.2, -0.15) is 0 Å². The molecule has 1 amide bonds. The number of nitrogens with zero attached hydrogens (tertiary/aromatic N) is 2. The van der Waals surface area contributed by atoms with Crippen LogP contribution in [0.1, 0.15) is 35.5 Å². The van der Waals surface area contributed by atoms with E-state index in [-0.39, 0.29) is 11.8 Å². The molecule has 2 aromatic carbocycles. The molecule has 4 rings (SSSR count). The number of hydrogen-bond donors (Lipinski definition) is 1. The van der Waals surface area contributed by atoms with E-state index in [1.807, 2.05) is 35.2 Å². The number of benzene rings is 2. The number of oxazole rings is 1. The van der Waals surface area contributed by atoms with Gasteiger partial charge in [-0.05, 0) is 55.7 Å². The van der Waals surface area contributed by atoms with Crippen molar-refractivity contribution in [2.75, 3.05) is 18.4 Å².